The standard InChI is InChI=1S/C21H24F2N2O3/c22-21(23)28-18-8-6-16(7-9-18)12-20(26)24-13-19-15-25(10-11-27-19)14-17-4-2-1-3-5-17/h1-9,19,21H,10-15H2,(H,24,26). The maximum atomic E-state index is 12.2. The van der Waals surface area contributed by atoms with Crippen LogP contribution in [0, 0.1) is 0 Å². The molecule has 3 rings (SSSR count). The van der Waals surface area contributed by atoms with Gasteiger partial charge in [0.15, 0.2) is 0 Å². The van der Waals surface area contributed by atoms with Crippen LogP contribution in [0.1, 0.15) is 11.1 Å². The van der Waals surface area contributed by atoms with Crippen LogP contribution in [-0.2, 0) is 22.5 Å². The summed E-state index contributed by atoms with van der Waals surface area (Å²) >= 11 is 0. The molecule has 1 atom stereocenters. The largest absolute Gasteiger partial charge is 0.435 e. The van der Waals surface area contributed by atoms with Crippen molar-refractivity contribution in [3.05, 3.63) is 65.7 Å². The first-order valence-electron chi connectivity index (χ1n) is 9.27. The molecule has 1 aliphatic heterocycles. The first kappa shape index (κ1) is 20.2. The minimum Gasteiger partial charge on any atom is -0.435 e. The number of rotatable bonds is 8. The van der Waals surface area contributed by atoms with Crippen LogP contribution in [0.4, 0.5) is 8.78 Å². The Morgan fingerprint density at radius 3 is 2.61 bits per heavy atom. The first-order valence-corrected chi connectivity index (χ1v) is 9.27. The van der Waals surface area contributed by atoms with E-state index in [4.69, 9.17) is 4.74 Å². The molecule has 0 aliphatic carbocycles. The average Bonchev–Trinajstić information content (AvgIpc) is 2.69. The van der Waals surface area contributed by atoms with Gasteiger partial charge in [-0.25, -0.2) is 0 Å². The fraction of sp³-hybridized carbons (Fsp3) is 0.381. The molecule has 2 aromatic rings. The fourth-order valence-corrected chi connectivity index (χ4v) is 3.15. The van der Waals surface area contributed by atoms with Gasteiger partial charge in [0.1, 0.15) is 5.75 Å². The van der Waals surface area contributed by atoms with Crippen molar-refractivity contribution in [3.8, 4) is 5.75 Å². The number of carbonyl (C=O) groups excluding carboxylic acids is 1. The Morgan fingerprint density at radius 2 is 1.89 bits per heavy atom. The van der Waals surface area contributed by atoms with Gasteiger partial charge in [0, 0.05) is 26.2 Å². The monoisotopic (exact) mass is 390 g/mol. The van der Waals surface area contributed by atoms with E-state index in [2.05, 4.69) is 27.1 Å². The van der Waals surface area contributed by atoms with Crippen molar-refractivity contribution in [1.29, 1.82) is 0 Å². The van der Waals surface area contributed by atoms with Gasteiger partial charge in [-0.15, -0.1) is 0 Å². The van der Waals surface area contributed by atoms with E-state index >= 15 is 0 Å². The van der Waals surface area contributed by atoms with E-state index in [1.165, 1.54) is 17.7 Å². The number of hydrogen-bond donors (Lipinski definition) is 1. The van der Waals surface area contributed by atoms with Gasteiger partial charge in [0.25, 0.3) is 0 Å². The molecule has 0 aromatic heterocycles. The average molecular weight is 390 g/mol. The van der Waals surface area contributed by atoms with Crippen LogP contribution in [0.2, 0.25) is 0 Å². The highest BCUT2D eigenvalue weighted by Crippen LogP contribution is 2.15. The van der Waals surface area contributed by atoms with Gasteiger partial charge in [0.05, 0.1) is 19.1 Å². The zero-order valence-electron chi connectivity index (χ0n) is 15.5. The molecule has 1 heterocycles. The second-order valence-corrected chi connectivity index (χ2v) is 6.72. The van der Waals surface area contributed by atoms with Gasteiger partial charge >= 0.3 is 6.61 Å². The molecule has 5 nitrogen and oxygen atoms in total. The Bertz CT molecular complexity index is 741. The van der Waals surface area contributed by atoms with E-state index in [1.807, 2.05) is 18.2 Å². The molecule has 0 radical (unpaired) electrons. The zero-order valence-corrected chi connectivity index (χ0v) is 15.5. The first-order chi connectivity index (χ1) is 13.6. The lowest BCUT2D eigenvalue weighted by Crippen LogP contribution is -2.47. The van der Waals surface area contributed by atoms with Gasteiger partial charge < -0.3 is 14.8 Å². The van der Waals surface area contributed by atoms with E-state index in [0.29, 0.717) is 13.2 Å². The Kier molecular flexibility index (Phi) is 7.33. The summed E-state index contributed by atoms with van der Waals surface area (Å²) in [6.45, 7) is 0.713. The SMILES string of the molecule is O=C(Cc1ccc(OC(F)F)cc1)NCC1CN(Cc2ccccc2)CCO1. The molecule has 2 aromatic carbocycles. The van der Waals surface area contributed by atoms with Crippen molar-refractivity contribution < 1.29 is 23.0 Å². The summed E-state index contributed by atoms with van der Waals surface area (Å²) in [4.78, 5) is 14.5. The maximum Gasteiger partial charge on any atom is 0.387 e. The highest BCUT2D eigenvalue weighted by atomic mass is 19.3. The molecule has 0 spiro atoms. The zero-order chi connectivity index (χ0) is 19.8. The Hall–Kier alpha value is -2.51. The molecule has 0 bridgehead atoms. The van der Waals surface area contributed by atoms with E-state index in [-0.39, 0.29) is 24.2 Å². The molecule has 1 unspecified atom stereocenters. The van der Waals surface area contributed by atoms with Gasteiger partial charge in [-0.1, -0.05) is 42.5 Å². The van der Waals surface area contributed by atoms with E-state index < -0.39 is 6.61 Å². The number of hydrogen-bond acceptors (Lipinski definition) is 4. The summed E-state index contributed by atoms with van der Waals surface area (Å²) in [5.41, 5.74) is 1.99. The predicted molar refractivity (Wildman–Crippen MR) is 101 cm³/mol. The van der Waals surface area contributed by atoms with E-state index in [0.717, 1.165) is 25.2 Å². The number of alkyl halides is 2. The van der Waals surface area contributed by atoms with Gasteiger partial charge in [-0.3, -0.25) is 9.69 Å². The summed E-state index contributed by atoms with van der Waals surface area (Å²) in [6.07, 6.45) is 0.123. The number of morpholine rings is 1. The molecule has 1 amide bonds. The van der Waals surface area contributed by atoms with Crippen molar-refractivity contribution in [2.45, 2.75) is 25.7 Å². The summed E-state index contributed by atoms with van der Waals surface area (Å²) in [5.74, 6) is -0.0559. The number of benzene rings is 2. The second kappa shape index (κ2) is 10.1. The summed E-state index contributed by atoms with van der Waals surface area (Å²) < 4.78 is 34.4. The topological polar surface area (TPSA) is 50.8 Å². The third kappa shape index (κ3) is 6.58. The lowest BCUT2D eigenvalue weighted by Gasteiger charge is -2.33. The van der Waals surface area contributed by atoms with Crippen molar-refractivity contribution in [1.82, 2.24) is 10.2 Å². The minimum atomic E-state index is -2.86. The van der Waals surface area contributed by atoms with Gasteiger partial charge in [0.2, 0.25) is 5.91 Å². The molecular weight excluding hydrogens is 366 g/mol. The number of ether oxygens (including phenoxy) is 2. The molecule has 1 fully saturated rings. The minimum absolute atomic E-state index is 0.0526. The molecule has 150 valence electrons. The fourth-order valence-electron chi connectivity index (χ4n) is 3.15. The molecule has 7 heteroatoms. The number of nitrogens with zero attached hydrogens (tertiary/aromatic N) is 1. The molecule has 0 saturated carbocycles. The lowest BCUT2D eigenvalue weighted by atomic mass is 10.1. The number of carbonyl (C=O) groups is 1. The summed E-state index contributed by atoms with van der Waals surface area (Å²) in [6, 6.07) is 16.3. The van der Waals surface area contributed by atoms with E-state index in [1.54, 1.807) is 12.1 Å². The Morgan fingerprint density at radius 1 is 1.14 bits per heavy atom. The quantitative estimate of drug-likeness (QED) is 0.753. The number of amides is 1. The predicted octanol–water partition coefficient (Wildman–Crippen LogP) is 2.85. The van der Waals surface area contributed by atoms with Crippen molar-refractivity contribution in [2.24, 2.45) is 0 Å². The van der Waals surface area contributed by atoms with Crippen LogP contribution in [0.25, 0.3) is 0 Å². The molecule has 28 heavy (non-hydrogen) atoms. The van der Waals surface area contributed by atoms with Crippen molar-refractivity contribution in [2.75, 3.05) is 26.2 Å². The molecular formula is C21H24F2N2O3. The maximum absolute atomic E-state index is 12.2. The summed E-state index contributed by atoms with van der Waals surface area (Å²) in [7, 11) is 0. The number of halogens is 2. The highest BCUT2D eigenvalue weighted by molar-refractivity contribution is 5.78. The number of nitrogens with one attached hydrogen (secondary N) is 1. The van der Waals surface area contributed by atoms with Crippen molar-refractivity contribution in [3.63, 3.8) is 0 Å². The van der Waals surface area contributed by atoms with Crippen LogP contribution in [0.15, 0.2) is 54.6 Å². The molecule has 1 aliphatic rings. The smallest absolute Gasteiger partial charge is 0.387 e. The normalized spacial score (nSPS) is 17.5. The highest BCUT2D eigenvalue weighted by Gasteiger charge is 2.21. The lowest BCUT2D eigenvalue weighted by molar-refractivity contribution is -0.121. The second-order valence-electron chi connectivity index (χ2n) is 6.72. The Balaban J connectivity index is 1.41. The van der Waals surface area contributed by atoms with Crippen LogP contribution < -0.4 is 10.1 Å². The third-order valence-corrected chi connectivity index (χ3v) is 4.51. The molecule has 1 N–H and O–H groups in total. The van der Waals surface area contributed by atoms with Crippen LogP contribution in [-0.4, -0.2) is 49.8 Å². The third-order valence-electron chi connectivity index (χ3n) is 4.51. The van der Waals surface area contributed by atoms with Crippen LogP contribution in [0.5, 0.6) is 5.75 Å². The van der Waals surface area contributed by atoms with Crippen LogP contribution >= 0.6 is 0 Å². The van der Waals surface area contributed by atoms with E-state index in [9.17, 15) is 13.6 Å². The summed E-state index contributed by atoms with van der Waals surface area (Å²) in [5, 5.41) is 2.89. The Labute approximate surface area is 163 Å². The van der Waals surface area contributed by atoms with Crippen molar-refractivity contribution >= 4 is 5.91 Å². The molecule has 1 saturated heterocycles. The van der Waals surface area contributed by atoms with Gasteiger partial charge in [-0.05, 0) is 23.3 Å². The van der Waals surface area contributed by atoms with Gasteiger partial charge in [-0.2, -0.15) is 8.78 Å². The van der Waals surface area contributed by atoms with Crippen LogP contribution in [0.3, 0.4) is 0 Å².